The summed E-state index contributed by atoms with van der Waals surface area (Å²) < 4.78 is 26.2. The van der Waals surface area contributed by atoms with Crippen LogP contribution in [0.3, 0.4) is 0 Å². The number of nitrogens with one attached hydrogen (secondary N) is 1. The molecule has 132 valence electrons. The molecule has 25 heavy (non-hydrogen) atoms. The molecule has 1 N–H and O–H groups in total. The molecule has 0 aromatic heterocycles. The Balaban J connectivity index is 1.60. The summed E-state index contributed by atoms with van der Waals surface area (Å²) in [7, 11) is 0. The molecule has 1 saturated heterocycles. The van der Waals surface area contributed by atoms with E-state index in [1.54, 1.807) is 4.90 Å². The lowest BCUT2D eigenvalue weighted by molar-refractivity contribution is 0.208. The summed E-state index contributed by atoms with van der Waals surface area (Å²) in [6.07, 6.45) is 0. The van der Waals surface area contributed by atoms with Gasteiger partial charge in [0, 0.05) is 48.6 Å². The van der Waals surface area contributed by atoms with Gasteiger partial charge in [0.2, 0.25) is 0 Å². The number of halogens is 3. The van der Waals surface area contributed by atoms with Gasteiger partial charge in [0.25, 0.3) is 0 Å². The highest BCUT2D eigenvalue weighted by Gasteiger charge is 2.22. The van der Waals surface area contributed by atoms with Crippen LogP contribution in [0, 0.1) is 18.6 Å². The van der Waals surface area contributed by atoms with Gasteiger partial charge in [0.1, 0.15) is 0 Å². The van der Waals surface area contributed by atoms with E-state index in [0.29, 0.717) is 31.2 Å². The Morgan fingerprint density at radius 2 is 1.76 bits per heavy atom. The smallest absolute Gasteiger partial charge is 0.321 e. The fourth-order valence-corrected chi connectivity index (χ4v) is 3.02. The molecule has 0 unspecified atom stereocenters. The summed E-state index contributed by atoms with van der Waals surface area (Å²) in [5, 5.41) is 3.28. The van der Waals surface area contributed by atoms with Crippen molar-refractivity contribution in [1.29, 1.82) is 0 Å². The van der Waals surface area contributed by atoms with Gasteiger partial charge in [0.15, 0.2) is 11.6 Å². The van der Waals surface area contributed by atoms with E-state index in [-0.39, 0.29) is 11.7 Å². The number of carbonyl (C=O) groups excluding carboxylic acids is 1. The minimum absolute atomic E-state index is 0.233. The lowest BCUT2D eigenvalue weighted by Crippen LogP contribution is -2.50. The van der Waals surface area contributed by atoms with Gasteiger partial charge in [-0.1, -0.05) is 17.7 Å². The Kier molecular flexibility index (Phi) is 5.08. The molecule has 1 aliphatic heterocycles. The molecule has 1 heterocycles. The first-order valence-corrected chi connectivity index (χ1v) is 8.34. The largest absolute Gasteiger partial charge is 0.368 e. The van der Waals surface area contributed by atoms with E-state index in [1.165, 1.54) is 6.07 Å². The number of aryl methyl sites for hydroxylation is 1. The molecule has 0 radical (unpaired) electrons. The van der Waals surface area contributed by atoms with Crippen molar-refractivity contribution in [2.45, 2.75) is 6.92 Å². The Bertz CT molecular complexity index is 792. The van der Waals surface area contributed by atoms with E-state index in [2.05, 4.69) is 10.2 Å². The van der Waals surface area contributed by atoms with Gasteiger partial charge in [-0.25, -0.2) is 13.6 Å². The fraction of sp³-hybridized carbons (Fsp3) is 0.278. The van der Waals surface area contributed by atoms with Crippen molar-refractivity contribution in [3.05, 3.63) is 58.6 Å². The first kappa shape index (κ1) is 17.5. The topological polar surface area (TPSA) is 35.6 Å². The van der Waals surface area contributed by atoms with E-state index in [1.807, 2.05) is 25.1 Å². The Hall–Kier alpha value is -2.34. The highest BCUT2D eigenvalue weighted by atomic mass is 35.5. The van der Waals surface area contributed by atoms with Gasteiger partial charge in [-0.15, -0.1) is 0 Å². The quantitative estimate of drug-likeness (QED) is 0.862. The lowest BCUT2D eigenvalue weighted by Gasteiger charge is -2.36. The van der Waals surface area contributed by atoms with E-state index < -0.39 is 11.6 Å². The molecule has 1 fully saturated rings. The molecular weight excluding hydrogens is 348 g/mol. The minimum atomic E-state index is -0.987. The highest BCUT2D eigenvalue weighted by molar-refractivity contribution is 6.30. The predicted octanol–water partition coefficient (Wildman–Crippen LogP) is 4.28. The lowest BCUT2D eigenvalue weighted by atomic mass is 10.1. The number of anilines is 2. The number of rotatable bonds is 2. The molecule has 1 aliphatic rings. The molecule has 0 spiro atoms. The molecule has 0 atom stereocenters. The van der Waals surface area contributed by atoms with Crippen molar-refractivity contribution in [2.24, 2.45) is 0 Å². The monoisotopic (exact) mass is 365 g/mol. The SMILES string of the molecule is Cc1ccc(Cl)cc1N1CCN(C(=O)Nc2ccc(F)c(F)c2)CC1. The van der Waals surface area contributed by atoms with Crippen LogP contribution in [0.25, 0.3) is 0 Å². The number of urea groups is 1. The zero-order chi connectivity index (χ0) is 18.0. The molecule has 0 bridgehead atoms. The van der Waals surface area contributed by atoms with E-state index in [4.69, 9.17) is 11.6 Å². The molecule has 2 aromatic carbocycles. The first-order chi connectivity index (χ1) is 11.9. The molecule has 2 amide bonds. The second-order valence-electron chi connectivity index (χ2n) is 5.96. The van der Waals surface area contributed by atoms with Crippen molar-refractivity contribution < 1.29 is 13.6 Å². The van der Waals surface area contributed by atoms with Gasteiger partial charge in [-0.05, 0) is 36.8 Å². The summed E-state index contributed by atoms with van der Waals surface area (Å²) in [6.45, 7) is 4.43. The van der Waals surface area contributed by atoms with Gasteiger partial charge in [-0.3, -0.25) is 0 Å². The summed E-state index contributed by atoms with van der Waals surface area (Å²) >= 11 is 6.07. The van der Waals surface area contributed by atoms with E-state index in [9.17, 15) is 13.6 Å². The van der Waals surface area contributed by atoms with Crippen LogP contribution in [0.15, 0.2) is 36.4 Å². The standard InChI is InChI=1S/C18H18ClF2N3O/c1-12-2-3-13(19)10-17(12)23-6-8-24(9-7-23)18(25)22-14-4-5-15(20)16(21)11-14/h2-5,10-11H,6-9H2,1H3,(H,22,25). The number of hydrogen-bond acceptors (Lipinski definition) is 2. The van der Waals surface area contributed by atoms with Crippen molar-refractivity contribution >= 4 is 29.0 Å². The van der Waals surface area contributed by atoms with Crippen LogP contribution in [0.1, 0.15) is 5.56 Å². The highest BCUT2D eigenvalue weighted by Crippen LogP contribution is 2.25. The van der Waals surface area contributed by atoms with Crippen molar-refractivity contribution in [3.63, 3.8) is 0 Å². The molecule has 3 rings (SSSR count). The Morgan fingerprint density at radius 1 is 1.04 bits per heavy atom. The third-order valence-electron chi connectivity index (χ3n) is 4.25. The van der Waals surface area contributed by atoms with Crippen LogP contribution in [-0.2, 0) is 0 Å². The molecule has 2 aromatic rings. The Labute approximate surface area is 150 Å². The van der Waals surface area contributed by atoms with E-state index >= 15 is 0 Å². The van der Waals surface area contributed by atoms with Gasteiger partial charge in [0.05, 0.1) is 0 Å². The van der Waals surface area contributed by atoms with Crippen molar-refractivity contribution in [1.82, 2.24) is 4.90 Å². The maximum Gasteiger partial charge on any atom is 0.321 e. The van der Waals surface area contributed by atoms with E-state index in [0.717, 1.165) is 23.4 Å². The number of benzene rings is 2. The molecular formula is C18H18ClF2N3O. The van der Waals surface area contributed by atoms with Gasteiger partial charge in [-0.2, -0.15) is 0 Å². The van der Waals surface area contributed by atoms with Crippen LogP contribution in [0.2, 0.25) is 5.02 Å². The second kappa shape index (κ2) is 7.27. The zero-order valence-corrected chi connectivity index (χ0v) is 14.5. The van der Waals surface area contributed by atoms with Crippen molar-refractivity contribution in [2.75, 3.05) is 36.4 Å². The Morgan fingerprint density at radius 3 is 2.44 bits per heavy atom. The number of hydrogen-bond donors (Lipinski definition) is 1. The molecule has 0 aliphatic carbocycles. The van der Waals surface area contributed by atoms with Crippen LogP contribution in [0.5, 0.6) is 0 Å². The second-order valence-corrected chi connectivity index (χ2v) is 6.40. The van der Waals surface area contributed by atoms with Gasteiger partial charge >= 0.3 is 6.03 Å². The number of nitrogens with zero attached hydrogens (tertiary/aromatic N) is 2. The summed E-state index contributed by atoms with van der Waals surface area (Å²) in [5.41, 5.74) is 2.43. The number of carbonyl (C=O) groups is 1. The van der Waals surface area contributed by atoms with Crippen LogP contribution < -0.4 is 10.2 Å². The number of piperazine rings is 1. The third-order valence-corrected chi connectivity index (χ3v) is 4.48. The van der Waals surface area contributed by atoms with Crippen LogP contribution in [0.4, 0.5) is 25.0 Å². The average molecular weight is 366 g/mol. The predicted molar refractivity (Wildman–Crippen MR) is 95.4 cm³/mol. The third kappa shape index (κ3) is 4.02. The molecule has 4 nitrogen and oxygen atoms in total. The fourth-order valence-electron chi connectivity index (χ4n) is 2.85. The molecule has 7 heteroatoms. The van der Waals surface area contributed by atoms with Crippen LogP contribution >= 0.6 is 11.6 Å². The molecule has 0 saturated carbocycles. The maximum absolute atomic E-state index is 13.2. The van der Waals surface area contributed by atoms with Gasteiger partial charge < -0.3 is 15.1 Å². The minimum Gasteiger partial charge on any atom is -0.368 e. The summed E-state index contributed by atoms with van der Waals surface area (Å²) in [6, 6.07) is 8.72. The first-order valence-electron chi connectivity index (χ1n) is 7.96. The van der Waals surface area contributed by atoms with Crippen molar-refractivity contribution in [3.8, 4) is 0 Å². The summed E-state index contributed by atoms with van der Waals surface area (Å²) in [5.74, 6) is -1.93. The normalized spacial score (nSPS) is 14.6. The zero-order valence-electron chi connectivity index (χ0n) is 13.7. The maximum atomic E-state index is 13.2. The average Bonchev–Trinajstić information content (AvgIpc) is 2.60. The number of amides is 2. The summed E-state index contributed by atoms with van der Waals surface area (Å²) in [4.78, 5) is 16.1. The van der Waals surface area contributed by atoms with Crippen LogP contribution in [-0.4, -0.2) is 37.1 Å².